The largest absolute Gasteiger partial charge is 0.491 e. The van der Waals surface area contributed by atoms with Crippen LogP contribution in [0.3, 0.4) is 0 Å². The molecule has 0 saturated carbocycles. The number of carbonyl (C=O) groups excluding carboxylic acids is 5. The highest BCUT2D eigenvalue weighted by atomic mass is 16.5. The number of amides is 5. The molecule has 55 heavy (non-hydrogen) atoms. The number of carbonyl (C=O) groups is 5. The molecule has 2 atom stereocenters. The Balaban J connectivity index is 1.37. The number of nitrogens with one attached hydrogen (secondary N) is 3. The average molecular weight is 755 g/mol. The normalized spacial score (nSPS) is 19.8. The van der Waals surface area contributed by atoms with E-state index in [1.54, 1.807) is 24.3 Å². The van der Waals surface area contributed by atoms with Gasteiger partial charge in [0, 0.05) is 46.2 Å². The monoisotopic (exact) mass is 754 g/mol. The van der Waals surface area contributed by atoms with Crippen LogP contribution in [0.5, 0.6) is 5.75 Å². The van der Waals surface area contributed by atoms with Crippen molar-refractivity contribution in [2.45, 2.75) is 64.8 Å². The van der Waals surface area contributed by atoms with Gasteiger partial charge >= 0.3 is 0 Å². The van der Waals surface area contributed by atoms with Gasteiger partial charge in [0.15, 0.2) is 0 Å². The van der Waals surface area contributed by atoms with Gasteiger partial charge in [-0.3, -0.25) is 28.9 Å². The van der Waals surface area contributed by atoms with Gasteiger partial charge in [-0.1, -0.05) is 80.6 Å². The van der Waals surface area contributed by atoms with E-state index in [-0.39, 0.29) is 74.7 Å². The number of fused-ring (bicyclic) bond motifs is 1. The fourth-order valence-corrected chi connectivity index (χ4v) is 6.63. The zero-order valence-corrected chi connectivity index (χ0v) is 32.1. The Labute approximate surface area is 323 Å². The van der Waals surface area contributed by atoms with Gasteiger partial charge in [-0.25, -0.2) is 0 Å². The first-order valence-corrected chi connectivity index (χ1v) is 19.1. The van der Waals surface area contributed by atoms with Crippen LogP contribution in [0.1, 0.15) is 60.2 Å². The summed E-state index contributed by atoms with van der Waals surface area (Å²) in [5, 5.41) is 8.79. The maximum absolute atomic E-state index is 13.9. The summed E-state index contributed by atoms with van der Waals surface area (Å²) in [6, 6.07) is 22.6. The van der Waals surface area contributed by atoms with Gasteiger partial charge in [-0.15, -0.1) is 0 Å². The standard InChI is InChI=1S/C42H54N6O7/c1-30(2)23-34-29-55-37-12-8-7-11-35(37)41(52)45-36(42(53)43-24-31-13-15-33(16-14-31)25-47-19-21-54-22-20-47)17-18-39(50)48(26-32-9-5-4-6-10-32)28-40(51)46(3)27-38(49)44-34/h4-16,30,34,36H,17-29H2,1-3H3,(H,43,53)(H,44,49)(H,45,52)/t34-,36-/m0/s1. The van der Waals surface area contributed by atoms with Crippen LogP contribution in [-0.4, -0.2) is 109 Å². The number of nitrogens with zero attached hydrogens (tertiary/aromatic N) is 3. The van der Waals surface area contributed by atoms with Crippen molar-refractivity contribution in [2.75, 3.05) is 53.0 Å². The third-order valence-corrected chi connectivity index (χ3v) is 9.66. The molecule has 13 heteroatoms. The average Bonchev–Trinajstić information content (AvgIpc) is 3.18. The lowest BCUT2D eigenvalue weighted by atomic mass is 10.0. The molecular formula is C42H54N6O7. The minimum Gasteiger partial charge on any atom is -0.491 e. The third kappa shape index (κ3) is 12.9. The smallest absolute Gasteiger partial charge is 0.255 e. The van der Waals surface area contributed by atoms with E-state index in [0.717, 1.165) is 49.5 Å². The highest BCUT2D eigenvalue weighted by Crippen LogP contribution is 2.20. The molecule has 2 aliphatic rings. The second kappa shape index (κ2) is 20.4. The van der Waals surface area contributed by atoms with Gasteiger partial charge in [0.05, 0.1) is 31.4 Å². The first-order valence-electron chi connectivity index (χ1n) is 19.1. The van der Waals surface area contributed by atoms with Crippen LogP contribution in [0.2, 0.25) is 0 Å². The van der Waals surface area contributed by atoms with Crippen molar-refractivity contribution in [3.05, 3.63) is 101 Å². The molecule has 1 fully saturated rings. The zero-order chi connectivity index (χ0) is 39.2. The van der Waals surface area contributed by atoms with Crippen LogP contribution in [0, 0.1) is 5.92 Å². The molecule has 2 aliphatic heterocycles. The van der Waals surface area contributed by atoms with Crippen molar-refractivity contribution in [1.82, 2.24) is 30.7 Å². The Kier molecular flexibility index (Phi) is 15.2. The molecule has 13 nitrogen and oxygen atoms in total. The Morgan fingerprint density at radius 2 is 1.49 bits per heavy atom. The summed E-state index contributed by atoms with van der Waals surface area (Å²) in [6.45, 7) is 8.08. The van der Waals surface area contributed by atoms with E-state index in [2.05, 4.69) is 20.9 Å². The van der Waals surface area contributed by atoms with Gasteiger partial charge in [0.25, 0.3) is 5.91 Å². The maximum Gasteiger partial charge on any atom is 0.255 e. The molecule has 0 spiro atoms. The molecule has 5 rings (SSSR count). The Morgan fingerprint density at radius 1 is 0.818 bits per heavy atom. The number of ether oxygens (including phenoxy) is 2. The third-order valence-electron chi connectivity index (χ3n) is 9.66. The fraction of sp³-hybridized carbons (Fsp3) is 0.452. The molecule has 0 unspecified atom stereocenters. The van der Waals surface area contributed by atoms with E-state index in [4.69, 9.17) is 9.47 Å². The quantitative estimate of drug-likeness (QED) is 0.302. The van der Waals surface area contributed by atoms with E-state index in [1.807, 2.05) is 68.4 Å². The number of hydrogen-bond donors (Lipinski definition) is 3. The summed E-state index contributed by atoms with van der Waals surface area (Å²) < 4.78 is 11.6. The predicted molar refractivity (Wildman–Crippen MR) is 208 cm³/mol. The molecule has 3 aromatic carbocycles. The summed E-state index contributed by atoms with van der Waals surface area (Å²) in [5.41, 5.74) is 3.09. The number of para-hydroxylation sites is 1. The molecule has 2 heterocycles. The van der Waals surface area contributed by atoms with Crippen molar-refractivity contribution in [2.24, 2.45) is 5.92 Å². The number of likely N-dealkylation sites (N-methyl/N-ethyl adjacent to an activating group) is 1. The van der Waals surface area contributed by atoms with Gasteiger partial charge in [-0.2, -0.15) is 0 Å². The van der Waals surface area contributed by atoms with Crippen LogP contribution in [0.25, 0.3) is 0 Å². The van der Waals surface area contributed by atoms with Gasteiger partial charge < -0.3 is 35.2 Å². The van der Waals surface area contributed by atoms with Crippen molar-refractivity contribution in [3.8, 4) is 5.75 Å². The van der Waals surface area contributed by atoms with E-state index < -0.39 is 29.8 Å². The van der Waals surface area contributed by atoms with Crippen molar-refractivity contribution >= 4 is 29.5 Å². The van der Waals surface area contributed by atoms with Crippen LogP contribution in [-0.2, 0) is 43.5 Å². The van der Waals surface area contributed by atoms with Crippen molar-refractivity contribution in [1.29, 1.82) is 0 Å². The summed E-state index contributed by atoms with van der Waals surface area (Å²) in [6.07, 6.45) is 0.440. The first kappa shape index (κ1) is 40.9. The molecule has 3 N–H and O–H groups in total. The Hall–Kier alpha value is -5.27. The second-order valence-corrected chi connectivity index (χ2v) is 14.7. The summed E-state index contributed by atoms with van der Waals surface area (Å²) in [4.78, 5) is 73.2. The van der Waals surface area contributed by atoms with Crippen molar-refractivity contribution < 1.29 is 33.4 Å². The molecule has 0 radical (unpaired) electrons. The lowest BCUT2D eigenvalue weighted by Crippen LogP contribution is -2.49. The van der Waals surface area contributed by atoms with Crippen LogP contribution >= 0.6 is 0 Å². The number of morpholine rings is 1. The number of rotatable bonds is 9. The lowest BCUT2D eigenvalue weighted by Gasteiger charge is -2.27. The molecule has 3 aromatic rings. The zero-order valence-electron chi connectivity index (χ0n) is 32.1. The summed E-state index contributed by atoms with van der Waals surface area (Å²) in [5.74, 6) is -1.64. The van der Waals surface area contributed by atoms with Crippen LogP contribution in [0.15, 0.2) is 78.9 Å². The predicted octanol–water partition coefficient (Wildman–Crippen LogP) is 3.12. The molecule has 0 aliphatic carbocycles. The number of hydrogen-bond acceptors (Lipinski definition) is 8. The number of benzene rings is 3. The minimum atomic E-state index is -1.08. The molecule has 0 aromatic heterocycles. The topological polar surface area (TPSA) is 150 Å². The van der Waals surface area contributed by atoms with E-state index >= 15 is 0 Å². The fourth-order valence-electron chi connectivity index (χ4n) is 6.63. The second-order valence-electron chi connectivity index (χ2n) is 14.7. The van der Waals surface area contributed by atoms with Crippen LogP contribution < -0.4 is 20.7 Å². The van der Waals surface area contributed by atoms with Gasteiger partial charge in [0.2, 0.25) is 23.6 Å². The Morgan fingerprint density at radius 3 is 2.22 bits per heavy atom. The van der Waals surface area contributed by atoms with E-state index in [9.17, 15) is 24.0 Å². The van der Waals surface area contributed by atoms with Crippen LogP contribution in [0.4, 0.5) is 0 Å². The highest BCUT2D eigenvalue weighted by Gasteiger charge is 2.28. The molecular weight excluding hydrogens is 700 g/mol. The minimum absolute atomic E-state index is 0.0217. The first-order chi connectivity index (χ1) is 26.5. The molecule has 294 valence electrons. The Bertz CT molecular complexity index is 1750. The maximum atomic E-state index is 13.9. The molecule has 5 amide bonds. The van der Waals surface area contributed by atoms with E-state index in [0.29, 0.717) is 6.42 Å². The molecule has 0 bridgehead atoms. The highest BCUT2D eigenvalue weighted by molar-refractivity contribution is 6.00. The van der Waals surface area contributed by atoms with Crippen molar-refractivity contribution in [3.63, 3.8) is 0 Å². The van der Waals surface area contributed by atoms with Gasteiger partial charge in [-0.05, 0) is 47.6 Å². The lowest BCUT2D eigenvalue weighted by molar-refractivity contribution is -0.142. The van der Waals surface area contributed by atoms with E-state index in [1.165, 1.54) is 16.8 Å². The molecule has 1 saturated heterocycles. The SMILES string of the molecule is CC(C)C[C@H]1COc2ccccc2C(=O)N[C@H](C(=O)NCc2ccc(CN3CCOCC3)cc2)CCC(=O)N(Cc2ccccc2)CC(=O)N(C)CC(=O)N1. The van der Waals surface area contributed by atoms with Gasteiger partial charge in [0.1, 0.15) is 24.9 Å². The summed E-state index contributed by atoms with van der Waals surface area (Å²) in [7, 11) is 1.53. The summed E-state index contributed by atoms with van der Waals surface area (Å²) >= 11 is 0.